The average molecular weight is 247 g/mol. The first-order chi connectivity index (χ1) is 8.93. The summed E-state index contributed by atoms with van der Waals surface area (Å²) in [5.41, 5.74) is 1.34. The summed E-state index contributed by atoms with van der Waals surface area (Å²) >= 11 is 0. The average Bonchev–Trinajstić information content (AvgIpc) is 2.84. The number of para-hydroxylation sites is 1. The van der Waals surface area contributed by atoms with Gasteiger partial charge in [-0.1, -0.05) is 18.2 Å². The van der Waals surface area contributed by atoms with Gasteiger partial charge in [-0.2, -0.15) is 0 Å². The Balaban J connectivity index is 1.47. The Morgan fingerprint density at radius 1 is 1.17 bits per heavy atom. The van der Waals surface area contributed by atoms with Crippen LogP contribution in [0, 0.1) is 0 Å². The Hall–Kier alpha value is -1.06. The fourth-order valence-corrected chi connectivity index (χ4v) is 2.79. The number of hydrogen-bond acceptors (Lipinski definition) is 3. The van der Waals surface area contributed by atoms with Gasteiger partial charge in [0.2, 0.25) is 0 Å². The zero-order valence-electron chi connectivity index (χ0n) is 10.7. The highest BCUT2D eigenvalue weighted by molar-refractivity contribution is 5.39. The molecule has 3 rings (SSSR count). The second kappa shape index (κ2) is 5.72. The highest BCUT2D eigenvalue weighted by atomic mass is 16.5. The fraction of sp³-hybridized carbons (Fsp3) is 0.600. The molecule has 3 heteroatoms. The first-order valence-electron chi connectivity index (χ1n) is 6.97. The molecule has 2 heterocycles. The molecule has 0 radical (unpaired) electrons. The van der Waals surface area contributed by atoms with Crippen LogP contribution in [0.3, 0.4) is 0 Å². The molecule has 1 N–H and O–H groups in total. The van der Waals surface area contributed by atoms with Gasteiger partial charge in [0.25, 0.3) is 0 Å². The first kappa shape index (κ1) is 12.0. The molecule has 18 heavy (non-hydrogen) atoms. The molecule has 2 unspecified atom stereocenters. The van der Waals surface area contributed by atoms with Gasteiger partial charge in [0.1, 0.15) is 5.75 Å². The number of benzene rings is 1. The Bertz CT molecular complexity index is 388. The maximum absolute atomic E-state index is 5.72. The summed E-state index contributed by atoms with van der Waals surface area (Å²) < 4.78 is 11.4. The summed E-state index contributed by atoms with van der Waals surface area (Å²) in [6.45, 7) is 3.69. The van der Waals surface area contributed by atoms with Crippen LogP contribution in [-0.2, 0) is 4.74 Å². The number of hydrogen-bond donors (Lipinski definition) is 1. The summed E-state index contributed by atoms with van der Waals surface area (Å²) in [6.07, 6.45) is 4.14. The van der Waals surface area contributed by atoms with Gasteiger partial charge in [0, 0.05) is 31.2 Å². The predicted molar refractivity (Wildman–Crippen MR) is 71.1 cm³/mol. The predicted octanol–water partition coefficient (Wildman–Crippen LogP) is 2.32. The lowest BCUT2D eigenvalue weighted by atomic mass is 10.0. The molecular weight excluding hydrogens is 226 g/mol. The van der Waals surface area contributed by atoms with E-state index in [2.05, 4.69) is 23.5 Å². The zero-order valence-corrected chi connectivity index (χ0v) is 10.7. The molecule has 2 atom stereocenters. The van der Waals surface area contributed by atoms with Gasteiger partial charge in [0.05, 0.1) is 12.7 Å². The van der Waals surface area contributed by atoms with E-state index >= 15 is 0 Å². The van der Waals surface area contributed by atoms with Crippen LogP contribution >= 0.6 is 0 Å². The number of ether oxygens (including phenoxy) is 2. The minimum absolute atomic E-state index is 0.413. The highest BCUT2D eigenvalue weighted by Gasteiger charge is 2.23. The maximum atomic E-state index is 5.72. The standard InChI is InChI=1S/C15H21NO2/c1-2-7-15-14(6-1)12(11-18-15)9-16-10-13-5-3-4-8-17-13/h1-2,6-7,12-13,16H,3-5,8-11H2. The van der Waals surface area contributed by atoms with Crippen molar-refractivity contribution in [3.63, 3.8) is 0 Å². The number of nitrogens with one attached hydrogen (secondary N) is 1. The van der Waals surface area contributed by atoms with Crippen LogP contribution in [0.15, 0.2) is 24.3 Å². The van der Waals surface area contributed by atoms with Crippen LogP contribution in [0.5, 0.6) is 5.75 Å². The first-order valence-corrected chi connectivity index (χ1v) is 6.97. The van der Waals surface area contributed by atoms with Crippen LogP contribution in [0.4, 0.5) is 0 Å². The molecule has 0 amide bonds. The molecule has 98 valence electrons. The number of rotatable bonds is 4. The summed E-state index contributed by atoms with van der Waals surface area (Å²) in [5, 5.41) is 3.53. The van der Waals surface area contributed by atoms with Gasteiger partial charge in [-0.3, -0.25) is 0 Å². The molecule has 0 aromatic heterocycles. The molecule has 3 nitrogen and oxygen atoms in total. The van der Waals surface area contributed by atoms with Gasteiger partial charge in [0.15, 0.2) is 0 Å². The van der Waals surface area contributed by atoms with Crippen molar-refractivity contribution in [2.45, 2.75) is 31.3 Å². The van der Waals surface area contributed by atoms with Crippen molar-refractivity contribution in [3.05, 3.63) is 29.8 Å². The second-order valence-electron chi connectivity index (χ2n) is 5.19. The monoisotopic (exact) mass is 247 g/mol. The van der Waals surface area contributed by atoms with Gasteiger partial charge >= 0.3 is 0 Å². The summed E-state index contributed by atoms with van der Waals surface area (Å²) in [7, 11) is 0. The van der Waals surface area contributed by atoms with Crippen molar-refractivity contribution >= 4 is 0 Å². The maximum Gasteiger partial charge on any atom is 0.122 e. The lowest BCUT2D eigenvalue weighted by Gasteiger charge is -2.23. The van der Waals surface area contributed by atoms with Crippen molar-refractivity contribution in [2.75, 3.05) is 26.3 Å². The Morgan fingerprint density at radius 2 is 2.11 bits per heavy atom. The largest absolute Gasteiger partial charge is 0.493 e. The van der Waals surface area contributed by atoms with E-state index in [0.29, 0.717) is 12.0 Å². The van der Waals surface area contributed by atoms with Gasteiger partial charge in [-0.05, 0) is 25.3 Å². The molecular formula is C15H21NO2. The molecule has 2 aliphatic heterocycles. The fourth-order valence-electron chi connectivity index (χ4n) is 2.79. The van der Waals surface area contributed by atoms with Crippen LogP contribution in [0.25, 0.3) is 0 Å². The summed E-state index contributed by atoms with van der Waals surface area (Å²) in [4.78, 5) is 0. The van der Waals surface area contributed by atoms with E-state index in [1.165, 1.54) is 24.8 Å². The van der Waals surface area contributed by atoms with Crippen molar-refractivity contribution in [1.29, 1.82) is 0 Å². The van der Waals surface area contributed by atoms with E-state index in [1.54, 1.807) is 0 Å². The van der Waals surface area contributed by atoms with Crippen molar-refractivity contribution in [2.24, 2.45) is 0 Å². The van der Waals surface area contributed by atoms with E-state index in [1.807, 2.05) is 6.07 Å². The lowest BCUT2D eigenvalue weighted by Crippen LogP contribution is -2.34. The van der Waals surface area contributed by atoms with Crippen LogP contribution in [0.2, 0.25) is 0 Å². The van der Waals surface area contributed by atoms with Crippen molar-refractivity contribution in [3.8, 4) is 5.75 Å². The van der Waals surface area contributed by atoms with E-state index in [0.717, 1.165) is 32.1 Å². The van der Waals surface area contributed by atoms with E-state index < -0.39 is 0 Å². The molecule has 2 aliphatic rings. The zero-order chi connectivity index (χ0) is 12.2. The third-order valence-corrected chi connectivity index (χ3v) is 3.84. The Kier molecular flexibility index (Phi) is 3.81. The topological polar surface area (TPSA) is 30.5 Å². The van der Waals surface area contributed by atoms with Crippen molar-refractivity contribution in [1.82, 2.24) is 5.32 Å². The lowest BCUT2D eigenvalue weighted by molar-refractivity contribution is 0.0168. The number of fused-ring (bicyclic) bond motifs is 1. The smallest absolute Gasteiger partial charge is 0.122 e. The van der Waals surface area contributed by atoms with Crippen LogP contribution in [0.1, 0.15) is 30.7 Å². The van der Waals surface area contributed by atoms with E-state index in [4.69, 9.17) is 9.47 Å². The van der Waals surface area contributed by atoms with Gasteiger partial charge in [-0.25, -0.2) is 0 Å². The van der Waals surface area contributed by atoms with Crippen LogP contribution in [-0.4, -0.2) is 32.4 Å². The highest BCUT2D eigenvalue weighted by Crippen LogP contribution is 2.32. The molecule has 1 fully saturated rings. The molecule has 1 saturated heterocycles. The van der Waals surface area contributed by atoms with Gasteiger partial charge in [-0.15, -0.1) is 0 Å². The van der Waals surface area contributed by atoms with E-state index in [9.17, 15) is 0 Å². The third-order valence-electron chi connectivity index (χ3n) is 3.84. The summed E-state index contributed by atoms with van der Waals surface area (Å²) in [6, 6.07) is 8.35. The molecule has 1 aromatic rings. The SMILES string of the molecule is c1ccc2c(c1)OCC2CNCC1CCCCO1. The van der Waals surface area contributed by atoms with E-state index in [-0.39, 0.29) is 0 Å². The molecule has 0 saturated carbocycles. The van der Waals surface area contributed by atoms with Gasteiger partial charge < -0.3 is 14.8 Å². The normalized spacial score (nSPS) is 26.7. The molecule has 0 spiro atoms. The minimum Gasteiger partial charge on any atom is -0.493 e. The third kappa shape index (κ3) is 2.68. The van der Waals surface area contributed by atoms with Crippen LogP contribution < -0.4 is 10.1 Å². The molecule has 0 aliphatic carbocycles. The quantitative estimate of drug-likeness (QED) is 0.885. The molecule has 0 bridgehead atoms. The van der Waals surface area contributed by atoms with Crippen molar-refractivity contribution < 1.29 is 9.47 Å². The Morgan fingerprint density at radius 3 is 3.00 bits per heavy atom. The summed E-state index contributed by atoms with van der Waals surface area (Å²) in [5.74, 6) is 1.54. The second-order valence-corrected chi connectivity index (χ2v) is 5.19. The molecule has 1 aromatic carbocycles. The Labute approximate surface area is 108 Å². The minimum atomic E-state index is 0.413.